The number of anilines is 3. The van der Waals surface area contributed by atoms with Crippen LogP contribution < -0.4 is 20.7 Å². The number of aromatic nitrogens is 5. The summed E-state index contributed by atoms with van der Waals surface area (Å²) < 4.78 is 6.87. The highest BCUT2D eigenvalue weighted by atomic mass is 16.5. The van der Waals surface area contributed by atoms with Crippen LogP contribution in [0.25, 0.3) is 0 Å². The van der Waals surface area contributed by atoms with E-state index in [4.69, 9.17) is 10.5 Å². The molecule has 3 rings (SSSR count). The van der Waals surface area contributed by atoms with Crippen molar-refractivity contribution >= 4 is 17.6 Å². The molecule has 1 unspecified atom stereocenters. The van der Waals surface area contributed by atoms with E-state index in [-0.39, 0.29) is 6.04 Å². The van der Waals surface area contributed by atoms with Crippen LogP contribution in [0.1, 0.15) is 12.8 Å². The SMILES string of the molecule is COc1nn(C)cc1Nc1ncnc(N2CCCC(N)C2)n1. The molecule has 1 saturated heterocycles. The Labute approximate surface area is 128 Å². The zero-order valence-electron chi connectivity index (χ0n) is 12.7. The molecule has 1 aliphatic heterocycles. The maximum Gasteiger partial charge on any atom is 0.256 e. The van der Waals surface area contributed by atoms with Gasteiger partial charge < -0.3 is 20.7 Å². The molecule has 1 fully saturated rings. The van der Waals surface area contributed by atoms with Gasteiger partial charge in [0.1, 0.15) is 12.0 Å². The first-order valence-electron chi connectivity index (χ1n) is 7.20. The summed E-state index contributed by atoms with van der Waals surface area (Å²) in [6, 6.07) is 0.167. The highest BCUT2D eigenvalue weighted by Crippen LogP contribution is 2.24. The quantitative estimate of drug-likeness (QED) is 0.829. The molecule has 9 nitrogen and oxygen atoms in total. The van der Waals surface area contributed by atoms with Crippen molar-refractivity contribution in [3.05, 3.63) is 12.5 Å². The van der Waals surface area contributed by atoms with Crippen LogP contribution >= 0.6 is 0 Å². The Morgan fingerprint density at radius 3 is 3.05 bits per heavy atom. The minimum absolute atomic E-state index is 0.167. The van der Waals surface area contributed by atoms with Crippen LogP contribution in [0.3, 0.4) is 0 Å². The van der Waals surface area contributed by atoms with Crippen LogP contribution in [0.4, 0.5) is 17.6 Å². The molecular weight excluding hydrogens is 284 g/mol. The summed E-state index contributed by atoms with van der Waals surface area (Å²) in [5.41, 5.74) is 6.71. The summed E-state index contributed by atoms with van der Waals surface area (Å²) in [7, 11) is 3.39. The topological polar surface area (TPSA) is 107 Å². The summed E-state index contributed by atoms with van der Waals surface area (Å²) in [6.07, 6.45) is 5.39. The number of ether oxygens (including phenoxy) is 1. The van der Waals surface area contributed by atoms with Gasteiger partial charge in [0.05, 0.1) is 13.3 Å². The largest absolute Gasteiger partial charge is 0.478 e. The predicted octanol–water partition coefficient (Wildman–Crippen LogP) is 0.285. The number of hydrogen-bond acceptors (Lipinski definition) is 8. The Morgan fingerprint density at radius 2 is 2.27 bits per heavy atom. The van der Waals surface area contributed by atoms with Crippen molar-refractivity contribution in [2.45, 2.75) is 18.9 Å². The number of nitrogens with zero attached hydrogens (tertiary/aromatic N) is 6. The van der Waals surface area contributed by atoms with Crippen molar-refractivity contribution in [3.8, 4) is 5.88 Å². The summed E-state index contributed by atoms with van der Waals surface area (Å²) in [4.78, 5) is 14.9. The highest BCUT2D eigenvalue weighted by Gasteiger charge is 2.19. The van der Waals surface area contributed by atoms with E-state index in [1.807, 2.05) is 7.05 Å². The minimum atomic E-state index is 0.167. The molecular formula is C13H20N8O. The molecule has 0 radical (unpaired) electrons. The first-order chi connectivity index (χ1) is 10.7. The van der Waals surface area contributed by atoms with E-state index < -0.39 is 0 Å². The van der Waals surface area contributed by atoms with Crippen molar-refractivity contribution < 1.29 is 4.74 Å². The Balaban J connectivity index is 1.78. The molecule has 3 N–H and O–H groups in total. The lowest BCUT2D eigenvalue weighted by Crippen LogP contribution is -2.43. The molecule has 118 valence electrons. The molecule has 1 aliphatic rings. The van der Waals surface area contributed by atoms with Crippen molar-refractivity contribution in [2.24, 2.45) is 12.8 Å². The van der Waals surface area contributed by atoms with Crippen LogP contribution in [0.2, 0.25) is 0 Å². The number of piperidine rings is 1. The smallest absolute Gasteiger partial charge is 0.256 e. The van der Waals surface area contributed by atoms with E-state index >= 15 is 0 Å². The molecule has 0 bridgehead atoms. The van der Waals surface area contributed by atoms with Crippen LogP contribution in [-0.2, 0) is 7.05 Å². The van der Waals surface area contributed by atoms with Crippen molar-refractivity contribution in [2.75, 3.05) is 30.4 Å². The highest BCUT2D eigenvalue weighted by molar-refractivity contribution is 5.59. The maximum absolute atomic E-state index is 6.01. The summed E-state index contributed by atoms with van der Waals surface area (Å²) in [5, 5.41) is 7.29. The Morgan fingerprint density at radius 1 is 1.41 bits per heavy atom. The second-order valence-corrected chi connectivity index (χ2v) is 5.31. The molecule has 9 heteroatoms. The fourth-order valence-corrected chi connectivity index (χ4v) is 2.52. The summed E-state index contributed by atoms with van der Waals surface area (Å²) in [5.74, 6) is 1.58. The zero-order valence-corrected chi connectivity index (χ0v) is 12.7. The average molecular weight is 304 g/mol. The van der Waals surface area contributed by atoms with E-state index in [0.717, 1.165) is 25.9 Å². The second kappa shape index (κ2) is 6.14. The number of hydrogen-bond donors (Lipinski definition) is 2. The van der Waals surface area contributed by atoms with Crippen LogP contribution in [-0.4, -0.2) is 51.0 Å². The molecule has 3 heterocycles. The predicted molar refractivity (Wildman–Crippen MR) is 82.3 cm³/mol. The number of nitrogens with two attached hydrogens (primary N) is 1. The zero-order chi connectivity index (χ0) is 15.5. The van der Waals surface area contributed by atoms with Gasteiger partial charge in [-0.2, -0.15) is 4.98 Å². The molecule has 22 heavy (non-hydrogen) atoms. The fourth-order valence-electron chi connectivity index (χ4n) is 2.52. The van der Waals surface area contributed by atoms with E-state index in [1.165, 1.54) is 6.33 Å². The molecule has 0 aliphatic carbocycles. The van der Waals surface area contributed by atoms with Crippen molar-refractivity contribution in [3.63, 3.8) is 0 Å². The van der Waals surface area contributed by atoms with Crippen LogP contribution in [0, 0.1) is 0 Å². The van der Waals surface area contributed by atoms with Gasteiger partial charge in [0, 0.05) is 26.2 Å². The molecule has 0 saturated carbocycles. The molecule has 1 atom stereocenters. The van der Waals surface area contributed by atoms with Crippen molar-refractivity contribution in [1.29, 1.82) is 0 Å². The standard InChI is InChI=1S/C13H20N8O/c1-20-7-10(11(19-20)22-2)17-12-15-8-16-13(18-12)21-5-3-4-9(14)6-21/h7-9H,3-6,14H2,1-2H3,(H,15,16,17,18). The molecule has 0 spiro atoms. The van der Waals surface area contributed by atoms with Gasteiger partial charge in [-0.3, -0.25) is 4.68 Å². The van der Waals surface area contributed by atoms with Gasteiger partial charge in [-0.25, -0.2) is 9.97 Å². The molecule has 2 aromatic heterocycles. The minimum Gasteiger partial charge on any atom is -0.478 e. The number of rotatable bonds is 4. The monoisotopic (exact) mass is 304 g/mol. The van der Waals surface area contributed by atoms with E-state index in [1.54, 1.807) is 18.0 Å². The summed E-state index contributed by atoms with van der Waals surface area (Å²) >= 11 is 0. The molecule has 0 amide bonds. The average Bonchev–Trinajstić information content (AvgIpc) is 2.87. The Kier molecular flexibility index (Phi) is 4.05. The van der Waals surface area contributed by atoms with Gasteiger partial charge in [-0.05, 0) is 12.8 Å². The van der Waals surface area contributed by atoms with Gasteiger partial charge in [-0.15, -0.1) is 5.10 Å². The number of methoxy groups -OCH3 is 1. The van der Waals surface area contributed by atoms with Crippen LogP contribution in [0.5, 0.6) is 5.88 Å². The van der Waals surface area contributed by atoms with E-state index in [9.17, 15) is 0 Å². The first-order valence-corrected chi connectivity index (χ1v) is 7.20. The lowest BCUT2D eigenvalue weighted by atomic mass is 10.1. The number of nitrogens with one attached hydrogen (secondary N) is 1. The Hall–Kier alpha value is -2.42. The van der Waals surface area contributed by atoms with E-state index in [0.29, 0.717) is 23.5 Å². The normalized spacial score (nSPS) is 18.3. The first kappa shape index (κ1) is 14.5. The summed E-state index contributed by atoms with van der Waals surface area (Å²) in [6.45, 7) is 1.67. The van der Waals surface area contributed by atoms with Crippen LogP contribution in [0.15, 0.2) is 12.5 Å². The van der Waals surface area contributed by atoms with Gasteiger partial charge >= 0.3 is 0 Å². The molecule has 2 aromatic rings. The third kappa shape index (κ3) is 3.08. The lowest BCUT2D eigenvalue weighted by molar-refractivity contribution is 0.393. The Bertz CT molecular complexity index is 643. The second-order valence-electron chi connectivity index (χ2n) is 5.31. The number of aryl methyl sites for hydroxylation is 1. The molecule has 0 aromatic carbocycles. The van der Waals surface area contributed by atoms with Crippen molar-refractivity contribution in [1.82, 2.24) is 24.7 Å². The third-order valence-corrected chi connectivity index (χ3v) is 3.53. The van der Waals surface area contributed by atoms with Gasteiger partial charge in [0.15, 0.2) is 0 Å². The lowest BCUT2D eigenvalue weighted by Gasteiger charge is -2.30. The third-order valence-electron chi connectivity index (χ3n) is 3.53. The van der Waals surface area contributed by atoms with Gasteiger partial charge in [0.25, 0.3) is 5.88 Å². The fraction of sp³-hybridized carbons (Fsp3) is 0.538. The van der Waals surface area contributed by atoms with Gasteiger partial charge in [0.2, 0.25) is 11.9 Å². The van der Waals surface area contributed by atoms with Gasteiger partial charge in [-0.1, -0.05) is 0 Å². The maximum atomic E-state index is 6.01. The van der Waals surface area contributed by atoms with E-state index in [2.05, 4.69) is 30.3 Å².